The van der Waals surface area contributed by atoms with Gasteiger partial charge in [0.2, 0.25) is 47.3 Å². The van der Waals surface area contributed by atoms with Gasteiger partial charge in [-0.1, -0.05) is 342 Å². The van der Waals surface area contributed by atoms with Crippen molar-refractivity contribution in [1.29, 1.82) is 0 Å². The second kappa shape index (κ2) is 67.6. The van der Waals surface area contributed by atoms with Gasteiger partial charge in [0.1, 0.15) is 0 Å². The summed E-state index contributed by atoms with van der Waals surface area (Å²) in [5.74, 6) is 0.157. The highest BCUT2D eigenvalue weighted by molar-refractivity contribution is 7.86. The Hall–Kier alpha value is -14.3. The van der Waals surface area contributed by atoms with Crippen molar-refractivity contribution in [2.24, 2.45) is 10.8 Å². The van der Waals surface area contributed by atoms with Gasteiger partial charge < -0.3 is 60.3 Å². The number of azide groups is 1. The Morgan fingerprint density at radius 2 is 0.513 bits per heavy atom. The molecule has 8 amide bonds. The lowest BCUT2D eigenvalue weighted by atomic mass is 10.0. The van der Waals surface area contributed by atoms with Gasteiger partial charge in [-0.2, -0.15) is 8.42 Å². The summed E-state index contributed by atoms with van der Waals surface area (Å²) in [5, 5.41) is 25.4. The lowest BCUT2D eigenvalue weighted by Gasteiger charge is -2.31. The normalized spacial score (nSPS) is 16.8. The van der Waals surface area contributed by atoms with Crippen LogP contribution in [0.2, 0.25) is 0 Å². The highest BCUT2D eigenvalue weighted by atomic mass is 32.2. The van der Waals surface area contributed by atoms with E-state index in [2.05, 4.69) is 154 Å². The molecule has 0 saturated carbocycles. The third-order valence-corrected chi connectivity index (χ3v) is 26.4. The Labute approximate surface area is 889 Å². The smallest absolute Gasteiger partial charge is 0.264 e. The minimum absolute atomic E-state index is 0.00378. The number of nitrogens with two attached hydrogens (primary N) is 1. The molecule has 0 atom stereocenters. The summed E-state index contributed by atoms with van der Waals surface area (Å²) >= 11 is 0. The largest absolute Gasteiger partial charge is 0.393 e. The summed E-state index contributed by atoms with van der Waals surface area (Å²) in [6.45, 7) is 25.3. The summed E-state index contributed by atoms with van der Waals surface area (Å²) < 4.78 is 32.5. The summed E-state index contributed by atoms with van der Waals surface area (Å²) in [5.41, 5.74) is 30.7. The number of carbonyl (C=O) groups is 8. The van der Waals surface area contributed by atoms with Crippen LogP contribution in [0.25, 0.3) is 53.0 Å². The fraction of sp³-hybridized carbons (Fsp3) is 0.366. The average molecular weight is 2060 g/mol. The highest BCUT2D eigenvalue weighted by Gasteiger charge is 2.28. The number of amides is 8. The molecule has 7 aliphatic heterocycles. The minimum Gasteiger partial charge on any atom is -0.393 e. The number of methoxy groups -OCH3 is 1. The number of rotatable bonds is 26. The Morgan fingerprint density at radius 3 is 0.713 bits per heavy atom. The fourth-order valence-electron chi connectivity index (χ4n) is 16.4. The molecule has 0 aliphatic carbocycles. The van der Waals surface area contributed by atoms with Gasteiger partial charge in [0.05, 0.1) is 30.7 Å². The van der Waals surface area contributed by atoms with E-state index >= 15 is 0 Å². The summed E-state index contributed by atoms with van der Waals surface area (Å²) in [6.07, 6.45) is 61.6. The summed E-state index contributed by atoms with van der Waals surface area (Å²) in [6, 6.07) is 58.0. The number of likely N-dealkylation sites (tertiary alicyclic amines) is 7. The van der Waals surface area contributed by atoms with Crippen molar-refractivity contribution < 1.29 is 65.9 Å². The standard InChI is InChI=1S/C19H24N2O2.C18H23NO4S.C18H23NO2.C17H20N4O.C17H22N2O.2C17H21NO2/c1-15-7-9-17(10-8-15)5-3-4-6-19(23)21-13-11-18(12-14-21)20-16(2)22;1-15-7-9-16(10-8-15)5-3-4-6-18(20)19-13-11-17(12-14-19)23-24(2,21)22;1-15-7-9-16(10-8-15)5-3-4-6-18(20)19-13-11-17(21-2)12-14-19;1-14-6-8-15(9-7-14)4-2-3-5-17(22)21-12-10-16(11-13-21)19-20-18;1-14-6-8-15(9-7-14)4-2-3-5-17(20)19-12-10-16(18)11-13-19;2*1-14-6-8-15(9-7-14)4-2-3-5-17(20)18-12-10-16(19)11-13-18/h3-10,18H,11-14H2,1-2H3,(H,20,22);3-10,17H,11-14H2,1-2H3;3-10,17H,11-14H2,1-2H3;2-9,16H,10-13H2,1H3;2-9,16H,10-13,18H2,1H3;2*2-9,16,19H,10-13H2,1H3/b3*5-3+,6-4+;4*4-2+,5-3+. The first-order chi connectivity index (χ1) is 72.2. The highest BCUT2D eigenvalue weighted by Crippen LogP contribution is 2.22. The lowest BCUT2D eigenvalue weighted by Crippen LogP contribution is -2.45. The van der Waals surface area contributed by atoms with E-state index in [1.165, 1.54) is 51.9 Å². The topological polar surface area (TPSA) is 339 Å². The first kappa shape index (κ1) is 121. The van der Waals surface area contributed by atoms with E-state index in [-0.39, 0.29) is 83.7 Å². The molecule has 0 spiro atoms. The molecule has 7 saturated heterocycles. The van der Waals surface area contributed by atoms with Gasteiger partial charge in [0.25, 0.3) is 10.1 Å². The molecule has 14 rings (SSSR count). The Kier molecular flexibility index (Phi) is 54.5. The van der Waals surface area contributed by atoms with E-state index in [1.807, 2.05) is 186 Å². The molecule has 7 aliphatic rings. The van der Waals surface area contributed by atoms with Crippen LogP contribution in [0, 0.1) is 48.5 Å². The average Bonchev–Trinajstić information content (AvgIpc) is 0.794. The minimum atomic E-state index is -3.43. The second-order valence-corrected chi connectivity index (χ2v) is 39.9. The molecule has 150 heavy (non-hydrogen) atoms. The fourth-order valence-corrected chi connectivity index (χ4v) is 17.1. The maximum absolute atomic E-state index is 12.1. The van der Waals surface area contributed by atoms with Crippen LogP contribution in [-0.4, -0.2) is 248 Å². The number of aliphatic hydroxyl groups excluding tert-OH is 2. The monoisotopic (exact) mass is 2060 g/mol. The van der Waals surface area contributed by atoms with E-state index in [4.69, 9.17) is 20.2 Å². The van der Waals surface area contributed by atoms with Crippen molar-refractivity contribution in [2.75, 3.05) is 105 Å². The number of carbonyl (C=O) groups excluding carboxylic acids is 8. The molecule has 0 unspecified atom stereocenters. The van der Waals surface area contributed by atoms with Crippen LogP contribution >= 0.6 is 0 Å². The van der Waals surface area contributed by atoms with Gasteiger partial charge in [-0.05, 0) is 183 Å². The van der Waals surface area contributed by atoms with Gasteiger partial charge >= 0.3 is 0 Å². The Morgan fingerprint density at radius 1 is 0.320 bits per heavy atom. The maximum atomic E-state index is 12.1. The van der Waals surface area contributed by atoms with Gasteiger partial charge in [-0.3, -0.25) is 42.5 Å². The van der Waals surface area contributed by atoms with Crippen LogP contribution in [0.15, 0.2) is 303 Å². The molecule has 7 aromatic carbocycles. The van der Waals surface area contributed by atoms with Crippen molar-refractivity contribution in [3.8, 4) is 0 Å². The van der Waals surface area contributed by atoms with Crippen LogP contribution in [0.3, 0.4) is 0 Å². The number of piperidine rings is 7. The molecule has 27 heteroatoms. The Balaban J connectivity index is 0.000000213. The molecule has 0 aromatic heterocycles. The molecule has 7 heterocycles. The zero-order valence-corrected chi connectivity index (χ0v) is 89.7. The maximum Gasteiger partial charge on any atom is 0.264 e. The van der Waals surface area contributed by atoms with Crippen LogP contribution in [0.5, 0.6) is 0 Å². The van der Waals surface area contributed by atoms with E-state index < -0.39 is 10.1 Å². The second-order valence-electron chi connectivity index (χ2n) is 38.3. The van der Waals surface area contributed by atoms with E-state index in [0.29, 0.717) is 110 Å². The van der Waals surface area contributed by atoms with Crippen molar-refractivity contribution in [1.82, 2.24) is 39.6 Å². The van der Waals surface area contributed by atoms with Gasteiger partial charge in [0.15, 0.2) is 0 Å². The third-order valence-electron chi connectivity index (χ3n) is 25.8. The zero-order valence-electron chi connectivity index (χ0n) is 88.9. The van der Waals surface area contributed by atoms with E-state index in [0.717, 1.165) is 123 Å². The number of aliphatic hydroxyl groups is 2. The number of hydrogen-bond donors (Lipinski definition) is 4. The molecule has 26 nitrogen and oxygen atoms in total. The van der Waals surface area contributed by atoms with Crippen LogP contribution in [0.4, 0.5) is 0 Å². The number of ether oxygens (including phenoxy) is 1. The molecule has 0 radical (unpaired) electrons. The molecular formula is C123H154N12O14S. The van der Waals surface area contributed by atoms with Gasteiger partial charge in [0, 0.05) is 171 Å². The van der Waals surface area contributed by atoms with Crippen LogP contribution < -0.4 is 11.1 Å². The molecule has 7 aromatic rings. The van der Waals surface area contributed by atoms with Crippen molar-refractivity contribution in [3.63, 3.8) is 0 Å². The summed E-state index contributed by atoms with van der Waals surface area (Å²) in [4.78, 5) is 110. The molecule has 796 valence electrons. The van der Waals surface area contributed by atoms with E-state index in [9.17, 15) is 57.0 Å². The van der Waals surface area contributed by atoms with Crippen LogP contribution in [0.1, 0.15) is 175 Å². The molecule has 7 fully saturated rings. The van der Waals surface area contributed by atoms with Gasteiger partial charge in [-0.25, -0.2) is 0 Å². The predicted molar refractivity (Wildman–Crippen MR) is 607 cm³/mol. The quantitative estimate of drug-likeness (QED) is 0.00977. The van der Waals surface area contributed by atoms with Gasteiger partial charge in [-0.15, -0.1) is 0 Å². The number of nitrogens with zero attached hydrogens (tertiary/aromatic N) is 10. The SMILES string of the molecule is CC(=O)NC1CCN(C(=O)/C=C/C=C/c2ccc(C)cc2)CC1.COC1CCN(C(=O)/C=C/C=C/c2ccc(C)cc2)CC1.Cc1ccc(/C=C/C=C/C(=O)N2CCC(N)CC2)cc1.Cc1ccc(/C=C/C=C/C(=O)N2CCC(N=[N+]=[N-])CC2)cc1.Cc1ccc(/C=C/C=C/C(=O)N2CCC(O)CC2)cc1.Cc1ccc(/C=C/C=C/C(=O)N2CCC(O)CC2)cc1.Cc1ccc(/C=C/C=C/C(=O)N2CCC(OS(C)(=O)=O)CC2)cc1. The Bertz CT molecular complexity index is 5730. The number of hydrogen-bond acceptors (Lipinski definition) is 16. The van der Waals surface area contributed by atoms with Crippen LogP contribution in [-0.2, 0) is 57.4 Å². The molecular weight excluding hydrogens is 1900 g/mol. The first-order valence-corrected chi connectivity index (χ1v) is 53.8. The molecule has 5 N–H and O–H groups in total. The van der Waals surface area contributed by atoms with Crippen molar-refractivity contribution in [3.05, 3.63) is 386 Å². The number of nitrogens with one attached hydrogen (secondary N) is 1. The lowest BCUT2D eigenvalue weighted by molar-refractivity contribution is -0.129. The zero-order chi connectivity index (χ0) is 108. The van der Waals surface area contributed by atoms with Crippen molar-refractivity contribution >= 4 is 99.9 Å². The van der Waals surface area contributed by atoms with E-state index in [1.54, 1.807) is 99.6 Å². The van der Waals surface area contributed by atoms with Crippen molar-refractivity contribution in [2.45, 2.75) is 188 Å². The number of allylic oxidation sites excluding steroid dienone is 14. The third kappa shape index (κ3) is 50.2. The number of benzene rings is 7. The number of aryl methyl sites for hydroxylation is 7. The predicted octanol–water partition coefficient (Wildman–Crippen LogP) is 19.9. The summed E-state index contributed by atoms with van der Waals surface area (Å²) in [7, 11) is -1.70. The molecule has 0 bridgehead atoms. The first-order valence-electron chi connectivity index (χ1n) is 52.0.